The molecule has 1 aliphatic heterocycles. The van der Waals surface area contributed by atoms with Crippen LogP contribution in [0.4, 0.5) is 10.1 Å². The third-order valence-electron chi connectivity index (χ3n) is 5.70. The number of halogens is 2. The molecule has 0 atom stereocenters. The molecule has 5 rings (SSSR count). The number of amides is 1. The van der Waals surface area contributed by atoms with E-state index in [4.69, 9.17) is 4.74 Å². The van der Waals surface area contributed by atoms with E-state index in [1.54, 1.807) is 25.6 Å². The first-order valence-corrected chi connectivity index (χ1v) is 9.41. The summed E-state index contributed by atoms with van der Waals surface area (Å²) in [5.41, 5.74) is 2.69. The Kier molecular flexibility index (Phi) is 3.53. The highest BCUT2D eigenvalue weighted by Crippen LogP contribution is 2.59. The molecule has 27 heavy (non-hydrogen) atoms. The van der Waals surface area contributed by atoms with Crippen molar-refractivity contribution in [1.82, 2.24) is 9.97 Å². The van der Waals surface area contributed by atoms with E-state index in [0.717, 1.165) is 22.2 Å². The lowest BCUT2D eigenvalue weighted by molar-refractivity contribution is -0.124. The van der Waals surface area contributed by atoms with Crippen molar-refractivity contribution in [3.8, 4) is 5.88 Å². The van der Waals surface area contributed by atoms with Gasteiger partial charge in [-0.05, 0) is 46.3 Å². The molecule has 1 saturated carbocycles. The minimum Gasteiger partial charge on any atom is -0.481 e. The number of carbonyl (C=O) groups excluding carboxylic acids is 1. The van der Waals surface area contributed by atoms with Crippen molar-refractivity contribution in [3.63, 3.8) is 0 Å². The van der Waals surface area contributed by atoms with Crippen molar-refractivity contribution in [2.75, 3.05) is 12.4 Å². The van der Waals surface area contributed by atoms with Gasteiger partial charge < -0.3 is 10.1 Å². The van der Waals surface area contributed by atoms with Crippen LogP contribution < -0.4 is 10.1 Å². The van der Waals surface area contributed by atoms with Crippen molar-refractivity contribution in [2.24, 2.45) is 0 Å². The quantitative estimate of drug-likeness (QED) is 0.661. The summed E-state index contributed by atoms with van der Waals surface area (Å²) in [7, 11) is 1.58. The van der Waals surface area contributed by atoms with Crippen molar-refractivity contribution in [1.29, 1.82) is 0 Å². The molecule has 1 amide bonds. The van der Waals surface area contributed by atoms with Gasteiger partial charge in [0.25, 0.3) is 0 Å². The SMILES string of the molecule is COc1ccc(C2CC3(C2)C(=O)Nc2cnc4cc(F)c(Br)cc4c23)cn1. The van der Waals surface area contributed by atoms with E-state index in [2.05, 4.69) is 31.2 Å². The lowest BCUT2D eigenvalue weighted by Gasteiger charge is -2.44. The van der Waals surface area contributed by atoms with Crippen LogP contribution in [0, 0.1) is 5.82 Å². The summed E-state index contributed by atoms with van der Waals surface area (Å²) < 4.78 is 19.4. The average Bonchev–Trinajstić information content (AvgIpc) is 2.94. The highest BCUT2D eigenvalue weighted by Gasteiger charge is 2.56. The molecule has 3 heterocycles. The first kappa shape index (κ1) is 16.6. The average molecular weight is 428 g/mol. The molecule has 0 saturated heterocycles. The lowest BCUT2D eigenvalue weighted by atomic mass is 9.57. The van der Waals surface area contributed by atoms with Crippen LogP contribution in [-0.4, -0.2) is 23.0 Å². The van der Waals surface area contributed by atoms with E-state index in [1.807, 2.05) is 12.1 Å². The van der Waals surface area contributed by atoms with Gasteiger partial charge in [-0.1, -0.05) is 6.07 Å². The number of hydrogen-bond donors (Lipinski definition) is 1. The fourth-order valence-electron chi connectivity index (χ4n) is 4.31. The summed E-state index contributed by atoms with van der Waals surface area (Å²) in [6.45, 7) is 0. The number of fused-ring (bicyclic) bond motifs is 4. The van der Waals surface area contributed by atoms with Crippen LogP contribution in [-0.2, 0) is 10.2 Å². The number of rotatable bonds is 2. The monoisotopic (exact) mass is 427 g/mol. The number of carbonyl (C=O) groups is 1. The predicted molar refractivity (Wildman–Crippen MR) is 102 cm³/mol. The van der Waals surface area contributed by atoms with Crippen molar-refractivity contribution >= 4 is 38.4 Å². The summed E-state index contributed by atoms with van der Waals surface area (Å²) in [6, 6.07) is 6.95. The largest absolute Gasteiger partial charge is 0.481 e. The van der Waals surface area contributed by atoms with Crippen LogP contribution >= 0.6 is 15.9 Å². The van der Waals surface area contributed by atoms with Crippen LogP contribution in [0.5, 0.6) is 5.88 Å². The van der Waals surface area contributed by atoms with Crippen molar-refractivity contribution in [3.05, 3.63) is 58.1 Å². The van der Waals surface area contributed by atoms with Gasteiger partial charge in [-0.2, -0.15) is 0 Å². The molecule has 1 spiro atoms. The van der Waals surface area contributed by atoms with Crippen LogP contribution in [0.1, 0.15) is 29.9 Å². The molecule has 2 aromatic heterocycles. The number of methoxy groups -OCH3 is 1. The summed E-state index contributed by atoms with van der Waals surface area (Å²) in [4.78, 5) is 21.4. The van der Waals surface area contributed by atoms with E-state index in [1.165, 1.54) is 6.07 Å². The number of nitrogens with one attached hydrogen (secondary N) is 1. The van der Waals surface area contributed by atoms with E-state index in [0.29, 0.717) is 28.7 Å². The van der Waals surface area contributed by atoms with Gasteiger partial charge in [-0.3, -0.25) is 9.78 Å². The molecule has 7 heteroatoms. The van der Waals surface area contributed by atoms with Gasteiger partial charge in [0.15, 0.2) is 0 Å². The van der Waals surface area contributed by atoms with E-state index < -0.39 is 5.41 Å². The summed E-state index contributed by atoms with van der Waals surface area (Å²) in [5, 5.41) is 3.77. The molecule has 1 aliphatic carbocycles. The highest BCUT2D eigenvalue weighted by molar-refractivity contribution is 9.10. The second kappa shape index (κ2) is 5.73. The minimum absolute atomic E-state index is 0.00929. The zero-order valence-corrected chi connectivity index (χ0v) is 16.0. The van der Waals surface area contributed by atoms with Gasteiger partial charge in [0.2, 0.25) is 11.8 Å². The molecule has 2 aliphatic rings. The molecule has 1 N–H and O–H groups in total. The van der Waals surface area contributed by atoms with Crippen molar-refractivity contribution < 1.29 is 13.9 Å². The molecular formula is C20H15BrFN3O2. The van der Waals surface area contributed by atoms with Gasteiger partial charge in [0.1, 0.15) is 5.82 Å². The molecule has 1 aromatic carbocycles. The molecule has 5 nitrogen and oxygen atoms in total. The summed E-state index contributed by atoms with van der Waals surface area (Å²) in [6.07, 6.45) is 4.81. The Labute approximate surface area is 163 Å². The maximum Gasteiger partial charge on any atom is 0.235 e. The Balaban J connectivity index is 1.57. The maximum absolute atomic E-state index is 13.9. The van der Waals surface area contributed by atoms with E-state index in [9.17, 15) is 9.18 Å². The molecule has 0 unspecified atom stereocenters. The number of hydrogen-bond acceptors (Lipinski definition) is 4. The van der Waals surface area contributed by atoms with E-state index >= 15 is 0 Å². The normalized spacial score (nSPS) is 23.2. The van der Waals surface area contributed by atoms with Gasteiger partial charge in [0, 0.05) is 29.3 Å². The molecule has 1 fully saturated rings. The van der Waals surface area contributed by atoms with Crippen LogP contribution in [0.2, 0.25) is 0 Å². The van der Waals surface area contributed by atoms with Gasteiger partial charge in [0.05, 0.1) is 34.4 Å². The molecule has 136 valence electrons. The number of benzene rings is 1. The third kappa shape index (κ3) is 2.31. The van der Waals surface area contributed by atoms with Gasteiger partial charge in [-0.15, -0.1) is 0 Å². The first-order valence-electron chi connectivity index (χ1n) is 8.61. The van der Waals surface area contributed by atoms with Crippen LogP contribution in [0.3, 0.4) is 0 Å². The molecule has 0 radical (unpaired) electrons. The fourth-order valence-corrected chi connectivity index (χ4v) is 4.66. The second-order valence-electron chi connectivity index (χ2n) is 7.11. The van der Waals surface area contributed by atoms with Gasteiger partial charge >= 0.3 is 0 Å². The standard InChI is InChI=1S/C20H15BrFN3O2/c1-27-17-3-2-10(8-24-17)11-6-20(7-11)18-12-4-13(21)14(22)5-15(12)23-9-16(18)25-19(20)26/h2-5,8-9,11H,6-7H2,1H3,(H,25,26). The Morgan fingerprint density at radius 3 is 2.78 bits per heavy atom. The van der Waals surface area contributed by atoms with Gasteiger partial charge in [-0.25, -0.2) is 9.37 Å². The summed E-state index contributed by atoms with van der Waals surface area (Å²) >= 11 is 3.25. The topological polar surface area (TPSA) is 64.1 Å². The third-order valence-corrected chi connectivity index (χ3v) is 6.31. The first-order chi connectivity index (χ1) is 13.0. The molecule has 3 aromatic rings. The van der Waals surface area contributed by atoms with Crippen molar-refractivity contribution in [2.45, 2.75) is 24.2 Å². The van der Waals surface area contributed by atoms with Crippen LogP contribution in [0.15, 0.2) is 41.1 Å². The smallest absolute Gasteiger partial charge is 0.235 e. The van der Waals surface area contributed by atoms with Crippen LogP contribution in [0.25, 0.3) is 10.9 Å². The predicted octanol–water partition coefficient (Wildman–Crippen LogP) is 4.31. The fraction of sp³-hybridized carbons (Fsp3) is 0.250. The molecule has 0 bridgehead atoms. The zero-order chi connectivity index (χ0) is 18.8. The Morgan fingerprint density at radius 2 is 2.07 bits per heavy atom. The Bertz CT molecular complexity index is 1090. The number of aromatic nitrogens is 2. The Hall–Kier alpha value is -2.54. The Morgan fingerprint density at radius 1 is 1.26 bits per heavy atom. The number of nitrogens with zero attached hydrogens (tertiary/aromatic N) is 2. The number of anilines is 1. The highest BCUT2D eigenvalue weighted by atomic mass is 79.9. The summed E-state index contributed by atoms with van der Waals surface area (Å²) in [5.74, 6) is 0.440. The number of pyridine rings is 2. The molecular weight excluding hydrogens is 413 g/mol. The van der Waals surface area contributed by atoms with E-state index in [-0.39, 0.29) is 17.6 Å². The zero-order valence-electron chi connectivity index (χ0n) is 14.4. The number of ether oxygens (including phenoxy) is 1. The minimum atomic E-state index is -0.599. The second-order valence-corrected chi connectivity index (χ2v) is 7.96. The maximum atomic E-state index is 13.9. The lowest BCUT2D eigenvalue weighted by Crippen LogP contribution is -2.45.